The van der Waals surface area contributed by atoms with Gasteiger partial charge in [-0.1, -0.05) is 6.92 Å². The summed E-state index contributed by atoms with van der Waals surface area (Å²) in [4.78, 5) is 24.6. The number of nitrogens with zero attached hydrogens (tertiary/aromatic N) is 1. The largest absolute Gasteiger partial charge is 0.481 e. The number of hydrogen-bond acceptors (Lipinski definition) is 3. The molecule has 1 aliphatic rings. The van der Waals surface area contributed by atoms with Crippen molar-refractivity contribution in [2.24, 2.45) is 5.92 Å². The first-order chi connectivity index (χ1) is 8.56. The Balaban J connectivity index is 2.36. The van der Waals surface area contributed by atoms with Crippen LogP contribution in [-0.2, 0) is 14.3 Å². The molecular weight excluding hydrogens is 234 g/mol. The Morgan fingerprint density at radius 1 is 1.39 bits per heavy atom. The third kappa shape index (κ3) is 5.04. The molecule has 0 aromatic carbocycles. The zero-order chi connectivity index (χ0) is 13.5. The molecule has 5 heteroatoms. The number of hydrogen-bond donors (Lipinski definition) is 1. The van der Waals surface area contributed by atoms with E-state index in [9.17, 15) is 9.59 Å². The predicted octanol–water partition coefficient (Wildman–Crippen LogP) is 1.51. The van der Waals surface area contributed by atoms with Crippen molar-refractivity contribution in [3.8, 4) is 0 Å². The molecule has 1 rings (SSSR count). The van der Waals surface area contributed by atoms with E-state index in [0.29, 0.717) is 19.6 Å². The van der Waals surface area contributed by atoms with Crippen molar-refractivity contribution in [2.45, 2.75) is 45.1 Å². The van der Waals surface area contributed by atoms with Gasteiger partial charge in [-0.2, -0.15) is 0 Å². The van der Waals surface area contributed by atoms with Crippen LogP contribution in [0.5, 0.6) is 0 Å². The van der Waals surface area contributed by atoms with Crippen LogP contribution in [0.4, 0.5) is 0 Å². The van der Waals surface area contributed by atoms with E-state index in [4.69, 9.17) is 9.84 Å². The number of unbranched alkanes of at least 4 members (excludes halogenated alkanes) is 1. The topological polar surface area (TPSA) is 66.8 Å². The standard InChI is InChI=1S/C13H23NO4/c1-10(13(16)17)9-14(11-6-7-11)12(15)5-3-4-8-18-2/h10-11H,3-9H2,1-2H3,(H,16,17). The maximum Gasteiger partial charge on any atom is 0.308 e. The van der Waals surface area contributed by atoms with E-state index in [1.807, 2.05) is 0 Å². The van der Waals surface area contributed by atoms with Crippen molar-refractivity contribution in [1.29, 1.82) is 0 Å². The highest BCUT2D eigenvalue weighted by atomic mass is 16.5. The fourth-order valence-corrected chi connectivity index (χ4v) is 1.88. The molecule has 1 N–H and O–H groups in total. The molecule has 0 aliphatic heterocycles. The molecular formula is C13H23NO4. The molecule has 0 bridgehead atoms. The molecule has 0 aromatic rings. The summed E-state index contributed by atoms with van der Waals surface area (Å²) in [6.07, 6.45) is 4.19. The Hall–Kier alpha value is -1.10. The molecule has 104 valence electrons. The van der Waals surface area contributed by atoms with Gasteiger partial charge >= 0.3 is 5.97 Å². The number of amides is 1. The SMILES string of the molecule is COCCCCC(=O)N(CC(C)C(=O)O)C1CC1. The second-order valence-electron chi connectivity index (χ2n) is 4.97. The number of ether oxygens (including phenoxy) is 1. The van der Waals surface area contributed by atoms with Crippen LogP contribution in [0.2, 0.25) is 0 Å². The minimum absolute atomic E-state index is 0.0849. The van der Waals surface area contributed by atoms with Gasteiger partial charge in [-0.15, -0.1) is 0 Å². The highest BCUT2D eigenvalue weighted by molar-refractivity contribution is 5.78. The van der Waals surface area contributed by atoms with Crippen molar-refractivity contribution >= 4 is 11.9 Å². The minimum atomic E-state index is -0.840. The zero-order valence-corrected chi connectivity index (χ0v) is 11.2. The average Bonchev–Trinajstić information content (AvgIpc) is 3.15. The van der Waals surface area contributed by atoms with E-state index in [-0.39, 0.29) is 11.9 Å². The molecule has 1 saturated carbocycles. The van der Waals surface area contributed by atoms with Gasteiger partial charge in [-0.05, 0) is 25.7 Å². The maximum atomic E-state index is 12.0. The lowest BCUT2D eigenvalue weighted by Gasteiger charge is -2.24. The number of carbonyl (C=O) groups is 2. The van der Waals surface area contributed by atoms with Crippen LogP contribution >= 0.6 is 0 Å². The summed E-state index contributed by atoms with van der Waals surface area (Å²) in [5.41, 5.74) is 0. The Morgan fingerprint density at radius 2 is 2.06 bits per heavy atom. The first-order valence-corrected chi connectivity index (χ1v) is 6.57. The molecule has 18 heavy (non-hydrogen) atoms. The van der Waals surface area contributed by atoms with Crippen LogP contribution in [0.25, 0.3) is 0 Å². The summed E-state index contributed by atoms with van der Waals surface area (Å²) < 4.78 is 4.94. The molecule has 1 unspecified atom stereocenters. The summed E-state index contributed by atoms with van der Waals surface area (Å²) >= 11 is 0. The monoisotopic (exact) mass is 257 g/mol. The Morgan fingerprint density at radius 3 is 2.56 bits per heavy atom. The normalized spacial score (nSPS) is 16.3. The number of methoxy groups -OCH3 is 1. The van der Waals surface area contributed by atoms with Crippen molar-refractivity contribution in [1.82, 2.24) is 4.90 Å². The maximum absolute atomic E-state index is 12.0. The zero-order valence-electron chi connectivity index (χ0n) is 11.2. The fourth-order valence-electron chi connectivity index (χ4n) is 1.88. The lowest BCUT2D eigenvalue weighted by molar-refractivity contribution is -0.143. The van der Waals surface area contributed by atoms with E-state index in [1.165, 1.54) is 0 Å². The van der Waals surface area contributed by atoms with Gasteiger partial charge in [0.2, 0.25) is 5.91 Å². The van der Waals surface area contributed by atoms with Crippen LogP contribution in [-0.4, -0.2) is 48.2 Å². The van der Waals surface area contributed by atoms with Gasteiger partial charge in [-0.25, -0.2) is 0 Å². The van der Waals surface area contributed by atoms with Gasteiger partial charge in [0, 0.05) is 32.7 Å². The summed E-state index contributed by atoms with van der Waals surface area (Å²) in [7, 11) is 1.65. The van der Waals surface area contributed by atoms with Gasteiger partial charge < -0.3 is 14.7 Å². The molecule has 0 radical (unpaired) electrons. The lowest BCUT2D eigenvalue weighted by Crippen LogP contribution is -2.38. The Kier molecular flexibility index (Phi) is 6.12. The van der Waals surface area contributed by atoms with Gasteiger partial charge in [0.1, 0.15) is 0 Å². The average molecular weight is 257 g/mol. The highest BCUT2D eigenvalue weighted by Crippen LogP contribution is 2.28. The van der Waals surface area contributed by atoms with Crippen molar-refractivity contribution in [3.63, 3.8) is 0 Å². The summed E-state index contributed by atoms with van der Waals surface area (Å²) in [6.45, 7) is 2.65. The number of carbonyl (C=O) groups excluding carboxylic acids is 1. The van der Waals surface area contributed by atoms with E-state index in [1.54, 1.807) is 18.9 Å². The third-order valence-electron chi connectivity index (χ3n) is 3.19. The van der Waals surface area contributed by atoms with Gasteiger partial charge in [0.05, 0.1) is 5.92 Å². The van der Waals surface area contributed by atoms with Gasteiger partial charge in [-0.3, -0.25) is 9.59 Å². The Bertz CT molecular complexity index is 289. The first-order valence-electron chi connectivity index (χ1n) is 6.57. The fraction of sp³-hybridized carbons (Fsp3) is 0.846. The summed E-state index contributed by atoms with van der Waals surface area (Å²) in [5, 5.41) is 8.91. The summed E-state index contributed by atoms with van der Waals surface area (Å²) in [5.74, 6) is -1.25. The molecule has 0 saturated heterocycles. The van der Waals surface area contributed by atoms with Crippen molar-refractivity contribution in [3.05, 3.63) is 0 Å². The van der Waals surface area contributed by atoms with E-state index in [2.05, 4.69) is 0 Å². The van der Waals surface area contributed by atoms with E-state index in [0.717, 1.165) is 25.7 Å². The molecule has 1 aliphatic carbocycles. The summed E-state index contributed by atoms with van der Waals surface area (Å²) in [6, 6.07) is 0.279. The number of carboxylic acids is 1. The second-order valence-corrected chi connectivity index (χ2v) is 4.97. The molecule has 0 heterocycles. The highest BCUT2D eigenvalue weighted by Gasteiger charge is 2.33. The van der Waals surface area contributed by atoms with Crippen LogP contribution < -0.4 is 0 Å². The first kappa shape index (κ1) is 15.0. The van der Waals surface area contributed by atoms with Crippen molar-refractivity contribution < 1.29 is 19.4 Å². The van der Waals surface area contributed by atoms with Crippen LogP contribution in [0, 0.1) is 5.92 Å². The predicted molar refractivity (Wildman–Crippen MR) is 67.3 cm³/mol. The molecule has 0 spiro atoms. The molecule has 0 aromatic heterocycles. The second kappa shape index (κ2) is 7.36. The quantitative estimate of drug-likeness (QED) is 0.636. The molecule has 1 amide bonds. The van der Waals surface area contributed by atoms with E-state index >= 15 is 0 Å². The van der Waals surface area contributed by atoms with Crippen LogP contribution in [0.1, 0.15) is 39.0 Å². The third-order valence-corrected chi connectivity index (χ3v) is 3.19. The van der Waals surface area contributed by atoms with Gasteiger partial charge in [0.25, 0.3) is 0 Å². The van der Waals surface area contributed by atoms with Gasteiger partial charge in [0.15, 0.2) is 0 Å². The number of rotatable bonds is 9. The van der Waals surface area contributed by atoms with E-state index < -0.39 is 11.9 Å². The van der Waals surface area contributed by atoms with Crippen LogP contribution in [0.15, 0.2) is 0 Å². The lowest BCUT2D eigenvalue weighted by atomic mass is 10.1. The van der Waals surface area contributed by atoms with Crippen LogP contribution in [0.3, 0.4) is 0 Å². The smallest absolute Gasteiger partial charge is 0.308 e. The molecule has 1 fully saturated rings. The Labute approximate surface area is 108 Å². The number of aliphatic carboxylic acids is 1. The molecule has 5 nitrogen and oxygen atoms in total. The van der Waals surface area contributed by atoms with Crippen molar-refractivity contribution in [2.75, 3.05) is 20.3 Å². The minimum Gasteiger partial charge on any atom is -0.481 e. The molecule has 1 atom stereocenters. The number of carboxylic acid groups (broad SMARTS) is 1.